The van der Waals surface area contributed by atoms with E-state index in [1.165, 1.54) is 0 Å². The molecule has 3 nitrogen and oxygen atoms in total. The molecule has 0 aliphatic heterocycles. The molecule has 0 fully saturated rings. The molecule has 2 N–H and O–H groups in total. The number of nitrogens with two attached hydrogens (primary N) is 1. The molecule has 0 spiro atoms. The largest absolute Gasteiger partial charge is 0.431 e. The number of benzene rings is 1. The van der Waals surface area contributed by atoms with Crippen molar-refractivity contribution in [2.24, 2.45) is 5.73 Å². The Morgan fingerprint density at radius 1 is 1.38 bits per heavy atom. The second kappa shape index (κ2) is 3.81. The van der Waals surface area contributed by atoms with E-state index in [0.717, 1.165) is 16.9 Å². The molecule has 0 bridgehead atoms. The second-order valence-corrected chi connectivity index (χ2v) is 3.63. The van der Waals surface area contributed by atoms with Crippen LogP contribution in [0, 0.1) is 0 Å². The van der Waals surface area contributed by atoms with Crippen LogP contribution in [0.2, 0.25) is 0 Å². The van der Waals surface area contributed by atoms with Crippen molar-refractivity contribution in [3.63, 3.8) is 0 Å². The molecule has 0 radical (unpaired) electrons. The SMILES string of the molecule is NCCSc1nc2ccccc2o1. The first-order valence-electron chi connectivity index (χ1n) is 4.08. The number of thioether (sulfide) groups is 1. The summed E-state index contributed by atoms with van der Waals surface area (Å²) < 4.78 is 5.47. The Morgan fingerprint density at radius 3 is 3.00 bits per heavy atom. The molecule has 1 aromatic heterocycles. The predicted octanol–water partition coefficient (Wildman–Crippen LogP) is 1.88. The third kappa shape index (κ3) is 1.84. The van der Waals surface area contributed by atoms with Crippen molar-refractivity contribution in [2.75, 3.05) is 12.3 Å². The van der Waals surface area contributed by atoms with Crippen molar-refractivity contribution in [1.29, 1.82) is 0 Å². The average Bonchev–Trinajstić information content (AvgIpc) is 2.57. The van der Waals surface area contributed by atoms with Gasteiger partial charge in [-0.2, -0.15) is 0 Å². The maximum Gasteiger partial charge on any atom is 0.256 e. The summed E-state index contributed by atoms with van der Waals surface area (Å²) in [4.78, 5) is 4.29. The zero-order valence-electron chi connectivity index (χ0n) is 7.06. The smallest absolute Gasteiger partial charge is 0.256 e. The summed E-state index contributed by atoms with van der Waals surface area (Å²) >= 11 is 1.54. The fraction of sp³-hybridized carbons (Fsp3) is 0.222. The van der Waals surface area contributed by atoms with Crippen molar-refractivity contribution >= 4 is 22.9 Å². The topological polar surface area (TPSA) is 52.0 Å². The van der Waals surface area contributed by atoms with Gasteiger partial charge in [0.25, 0.3) is 5.22 Å². The van der Waals surface area contributed by atoms with Crippen LogP contribution in [0.1, 0.15) is 0 Å². The summed E-state index contributed by atoms with van der Waals surface area (Å²) in [6, 6.07) is 7.73. The predicted molar refractivity (Wildman–Crippen MR) is 53.8 cm³/mol. The molecule has 0 amide bonds. The molecule has 0 atom stereocenters. The van der Waals surface area contributed by atoms with Crippen LogP contribution in [0.15, 0.2) is 33.9 Å². The lowest BCUT2D eigenvalue weighted by Crippen LogP contribution is -2.00. The number of oxazole rings is 1. The van der Waals surface area contributed by atoms with Gasteiger partial charge in [0.05, 0.1) is 0 Å². The van der Waals surface area contributed by atoms with Crippen LogP contribution in [0.25, 0.3) is 11.1 Å². The molecule has 68 valence electrons. The van der Waals surface area contributed by atoms with Crippen molar-refractivity contribution < 1.29 is 4.42 Å². The summed E-state index contributed by atoms with van der Waals surface area (Å²) in [5.41, 5.74) is 7.12. The highest BCUT2D eigenvalue weighted by Gasteiger charge is 2.03. The highest BCUT2D eigenvalue weighted by molar-refractivity contribution is 7.99. The van der Waals surface area contributed by atoms with Gasteiger partial charge in [0.15, 0.2) is 5.58 Å². The molecule has 13 heavy (non-hydrogen) atoms. The summed E-state index contributed by atoms with van der Waals surface area (Å²) in [5.74, 6) is 0.840. The molecule has 4 heteroatoms. The van der Waals surface area contributed by atoms with Gasteiger partial charge in [-0.1, -0.05) is 23.9 Å². The molecule has 0 aliphatic carbocycles. The van der Waals surface area contributed by atoms with Gasteiger partial charge in [-0.25, -0.2) is 4.98 Å². The standard InChI is InChI=1S/C9H10N2OS/c10-5-6-13-9-11-7-3-1-2-4-8(7)12-9/h1-4H,5-6,10H2. The Hall–Kier alpha value is -1.00. The van der Waals surface area contributed by atoms with Gasteiger partial charge in [0.1, 0.15) is 5.52 Å². The first-order chi connectivity index (χ1) is 6.40. The van der Waals surface area contributed by atoms with Crippen molar-refractivity contribution in [2.45, 2.75) is 5.22 Å². The second-order valence-electron chi connectivity index (χ2n) is 2.58. The number of aromatic nitrogens is 1. The van der Waals surface area contributed by atoms with Crippen LogP contribution >= 0.6 is 11.8 Å². The van der Waals surface area contributed by atoms with E-state index in [-0.39, 0.29) is 0 Å². The lowest BCUT2D eigenvalue weighted by Gasteiger charge is -1.89. The van der Waals surface area contributed by atoms with E-state index in [9.17, 15) is 0 Å². The van der Waals surface area contributed by atoms with E-state index < -0.39 is 0 Å². The molecule has 2 rings (SSSR count). The fourth-order valence-electron chi connectivity index (χ4n) is 1.06. The van der Waals surface area contributed by atoms with Gasteiger partial charge in [-0.3, -0.25) is 0 Å². The third-order valence-corrected chi connectivity index (χ3v) is 2.48. The summed E-state index contributed by atoms with van der Waals surface area (Å²) in [5, 5.41) is 0.701. The quantitative estimate of drug-likeness (QED) is 0.758. The summed E-state index contributed by atoms with van der Waals surface area (Å²) in [6.07, 6.45) is 0. The number of hydrogen-bond donors (Lipinski definition) is 1. The van der Waals surface area contributed by atoms with Gasteiger partial charge in [0.2, 0.25) is 0 Å². The molecule has 1 aromatic carbocycles. The molecule has 2 aromatic rings. The van der Waals surface area contributed by atoms with Gasteiger partial charge in [-0.15, -0.1) is 0 Å². The molecule has 0 aliphatic rings. The normalized spacial score (nSPS) is 10.8. The highest BCUT2D eigenvalue weighted by atomic mass is 32.2. The van der Waals surface area contributed by atoms with Crippen molar-refractivity contribution in [1.82, 2.24) is 4.98 Å². The summed E-state index contributed by atoms with van der Waals surface area (Å²) in [7, 11) is 0. The van der Waals surface area contributed by atoms with Gasteiger partial charge in [0, 0.05) is 12.3 Å². The molecular formula is C9H10N2OS. The van der Waals surface area contributed by atoms with Crippen LogP contribution in [0.3, 0.4) is 0 Å². The van der Waals surface area contributed by atoms with Gasteiger partial charge in [-0.05, 0) is 12.1 Å². The maximum atomic E-state index is 5.47. The third-order valence-electron chi connectivity index (χ3n) is 1.62. The van der Waals surface area contributed by atoms with E-state index in [0.29, 0.717) is 11.8 Å². The Bertz CT molecular complexity index is 366. The molecule has 1 heterocycles. The van der Waals surface area contributed by atoms with Crippen LogP contribution in [0.4, 0.5) is 0 Å². The zero-order chi connectivity index (χ0) is 9.10. The first-order valence-corrected chi connectivity index (χ1v) is 5.07. The summed E-state index contributed by atoms with van der Waals surface area (Å²) in [6.45, 7) is 0.642. The number of hydrogen-bond acceptors (Lipinski definition) is 4. The zero-order valence-corrected chi connectivity index (χ0v) is 7.88. The fourth-order valence-corrected chi connectivity index (χ4v) is 1.66. The number of fused-ring (bicyclic) bond motifs is 1. The number of rotatable bonds is 3. The minimum absolute atomic E-state index is 0.642. The van der Waals surface area contributed by atoms with E-state index in [1.807, 2.05) is 24.3 Å². The Labute approximate surface area is 80.3 Å². The lowest BCUT2D eigenvalue weighted by atomic mass is 10.3. The van der Waals surface area contributed by atoms with Crippen LogP contribution in [-0.2, 0) is 0 Å². The van der Waals surface area contributed by atoms with Crippen molar-refractivity contribution in [3.8, 4) is 0 Å². The van der Waals surface area contributed by atoms with Crippen LogP contribution in [0.5, 0.6) is 0 Å². The molecular weight excluding hydrogens is 184 g/mol. The van der Waals surface area contributed by atoms with E-state index in [2.05, 4.69) is 4.98 Å². The van der Waals surface area contributed by atoms with Gasteiger partial charge < -0.3 is 10.2 Å². The van der Waals surface area contributed by atoms with E-state index in [1.54, 1.807) is 11.8 Å². The Balaban J connectivity index is 2.28. The van der Waals surface area contributed by atoms with Crippen molar-refractivity contribution in [3.05, 3.63) is 24.3 Å². The van der Waals surface area contributed by atoms with E-state index in [4.69, 9.17) is 10.2 Å². The molecule has 0 saturated carbocycles. The highest BCUT2D eigenvalue weighted by Crippen LogP contribution is 2.22. The monoisotopic (exact) mass is 194 g/mol. The van der Waals surface area contributed by atoms with Crippen LogP contribution in [-0.4, -0.2) is 17.3 Å². The maximum absolute atomic E-state index is 5.47. The average molecular weight is 194 g/mol. The van der Waals surface area contributed by atoms with E-state index >= 15 is 0 Å². The Morgan fingerprint density at radius 2 is 2.23 bits per heavy atom. The van der Waals surface area contributed by atoms with Gasteiger partial charge >= 0.3 is 0 Å². The number of para-hydroxylation sites is 2. The molecule has 0 unspecified atom stereocenters. The Kier molecular flexibility index (Phi) is 2.52. The number of nitrogens with zero attached hydrogens (tertiary/aromatic N) is 1. The minimum Gasteiger partial charge on any atom is -0.431 e. The first kappa shape index (κ1) is 8.59. The molecule has 0 saturated heterocycles. The van der Waals surface area contributed by atoms with Crippen LogP contribution < -0.4 is 5.73 Å². The minimum atomic E-state index is 0.642. The lowest BCUT2D eigenvalue weighted by molar-refractivity contribution is 0.489.